The highest BCUT2D eigenvalue weighted by Crippen LogP contribution is 2.43. The molecule has 6 rings (SSSR count). The molecule has 0 spiro atoms. The van der Waals surface area contributed by atoms with Gasteiger partial charge in [0, 0.05) is 74.0 Å². The van der Waals surface area contributed by atoms with Gasteiger partial charge in [0.2, 0.25) is 0 Å². The number of carbonyl (C=O) groups excluding carboxylic acids is 1. The number of nitrogens with zero attached hydrogens (tertiary/aromatic N) is 6. The van der Waals surface area contributed by atoms with E-state index in [1.54, 1.807) is 4.68 Å². The maximum atomic E-state index is 13.1. The van der Waals surface area contributed by atoms with Gasteiger partial charge < -0.3 is 19.3 Å². The van der Waals surface area contributed by atoms with E-state index in [0.29, 0.717) is 24.2 Å². The summed E-state index contributed by atoms with van der Waals surface area (Å²) in [6.07, 6.45) is 8.19. The SMILES string of the molecule is Cn1cc(-c2cc3c(cc2Cl)N(c2nn(C4CCOCC4)c4c2CN(C(=O)OC(C)(C)C)CC4)CCC3)cn1. The van der Waals surface area contributed by atoms with Crippen LogP contribution < -0.4 is 4.90 Å². The number of hydrogen-bond acceptors (Lipinski definition) is 6. The zero-order valence-electron chi connectivity index (χ0n) is 23.2. The summed E-state index contributed by atoms with van der Waals surface area (Å²) in [6, 6.07) is 4.58. The average molecular weight is 553 g/mol. The molecule has 10 heteroatoms. The van der Waals surface area contributed by atoms with Crippen molar-refractivity contribution in [2.75, 3.05) is 31.2 Å². The van der Waals surface area contributed by atoms with E-state index in [2.05, 4.69) is 26.8 Å². The predicted octanol–water partition coefficient (Wildman–Crippen LogP) is 5.67. The Morgan fingerprint density at radius 3 is 2.67 bits per heavy atom. The molecular formula is C29H37ClN6O3. The van der Waals surface area contributed by atoms with Crippen LogP contribution in [0.15, 0.2) is 24.5 Å². The summed E-state index contributed by atoms with van der Waals surface area (Å²) in [7, 11) is 1.91. The lowest BCUT2D eigenvalue weighted by atomic mass is 9.96. The molecule has 0 atom stereocenters. The Balaban J connectivity index is 1.40. The first kappa shape index (κ1) is 26.2. The van der Waals surface area contributed by atoms with Crippen LogP contribution in [-0.2, 0) is 35.9 Å². The molecule has 1 saturated heterocycles. The summed E-state index contributed by atoms with van der Waals surface area (Å²) in [6.45, 7) is 9.16. The third-order valence-electron chi connectivity index (χ3n) is 7.81. The fraction of sp³-hybridized carbons (Fsp3) is 0.552. The van der Waals surface area contributed by atoms with E-state index in [1.807, 2.05) is 45.1 Å². The van der Waals surface area contributed by atoms with Crippen LogP contribution in [-0.4, -0.2) is 62.5 Å². The molecule has 3 aliphatic heterocycles. The van der Waals surface area contributed by atoms with E-state index in [0.717, 1.165) is 80.1 Å². The molecule has 39 heavy (non-hydrogen) atoms. The third-order valence-corrected chi connectivity index (χ3v) is 8.12. The van der Waals surface area contributed by atoms with Crippen molar-refractivity contribution < 1.29 is 14.3 Å². The molecule has 1 fully saturated rings. The van der Waals surface area contributed by atoms with Gasteiger partial charge in [0.15, 0.2) is 5.82 Å². The Morgan fingerprint density at radius 2 is 1.95 bits per heavy atom. The predicted molar refractivity (Wildman–Crippen MR) is 151 cm³/mol. The number of benzene rings is 1. The summed E-state index contributed by atoms with van der Waals surface area (Å²) in [5, 5.41) is 10.3. The zero-order chi connectivity index (χ0) is 27.3. The lowest BCUT2D eigenvalue weighted by molar-refractivity contribution is 0.0221. The Hall–Kier alpha value is -3.04. The molecule has 0 radical (unpaired) electrons. The summed E-state index contributed by atoms with van der Waals surface area (Å²) in [4.78, 5) is 17.2. The topological polar surface area (TPSA) is 77.7 Å². The second-order valence-electron chi connectivity index (χ2n) is 11.8. The number of aromatic nitrogens is 4. The minimum absolute atomic E-state index is 0.277. The number of anilines is 2. The van der Waals surface area contributed by atoms with Gasteiger partial charge in [-0.25, -0.2) is 4.79 Å². The van der Waals surface area contributed by atoms with Gasteiger partial charge in [0.1, 0.15) is 5.60 Å². The number of rotatable bonds is 3. The maximum absolute atomic E-state index is 13.1. The number of ether oxygens (including phenoxy) is 2. The summed E-state index contributed by atoms with van der Waals surface area (Å²) in [5.74, 6) is 0.927. The number of fused-ring (bicyclic) bond motifs is 2. The molecule has 3 aliphatic rings. The highest BCUT2D eigenvalue weighted by Gasteiger charge is 2.35. The van der Waals surface area contributed by atoms with E-state index in [4.69, 9.17) is 26.2 Å². The third kappa shape index (κ3) is 5.14. The second-order valence-corrected chi connectivity index (χ2v) is 12.2. The van der Waals surface area contributed by atoms with Crippen molar-refractivity contribution in [3.63, 3.8) is 0 Å². The fourth-order valence-electron chi connectivity index (χ4n) is 5.97. The van der Waals surface area contributed by atoms with Gasteiger partial charge in [-0.3, -0.25) is 9.36 Å². The van der Waals surface area contributed by atoms with Crippen molar-refractivity contribution in [3.05, 3.63) is 46.4 Å². The van der Waals surface area contributed by atoms with Crippen molar-refractivity contribution in [1.29, 1.82) is 0 Å². The Labute approximate surface area is 234 Å². The number of halogens is 1. The number of amides is 1. The molecule has 0 aliphatic carbocycles. The van der Waals surface area contributed by atoms with Crippen molar-refractivity contribution in [1.82, 2.24) is 24.5 Å². The lowest BCUT2D eigenvalue weighted by Gasteiger charge is -2.34. The second kappa shape index (κ2) is 10.2. The number of aryl methyl sites for hydroxylation is 2. The standard InChI is InChI=1S/C29H37ClN6O3/c1-29(2,3)39-28(37)34-11-7-25-23(18-34)27(32-36(25)21-8-12-38-13-9-21)35-10-5-6-19-14-22(24(30)15-26(19)35)20-16-31-33(4)17-20/h14-17,21H,5-13,18H2,1-4H3. The molecular weight excluding hydrogens is 516 g/mol. The number of hydrogen-bond donors (Lipinski definition) is 0. The Morgan fingerprint density at radius 1 is 1.15 bits per heavy atom. The molecule has 0 N–H and O–H groups in total. The first-order valence-electron chi connectivity index (χ1n) is 13.9. The molecule has 2 aromatic heterocycles. The Kier molecular flexibility index (Phi) is 6.83. The van der Waals surface area contributed by atoms with Crippen LogP contribution in [0, 0.1) is 0 Å². The quantitative estimate of drug-likeness (QED) is 0.417. The first-order valence-corrected chi connectivity index (χ1v) is 14.3. The monoisotopic (exact) mass is 552 g/mol. The van der Waals surface area contributed by atoms with Crippen molar-refractivity contribution in [2.24, 2.45) is 7.05 Å². The molecule has 208 valence electrons. The molecule has 1 amide bonds. The maximum Gasteiger partial charge on any atom is 0.410 e. The lowest BCUT2D eigenvalue weighted by Crippen LogP contribution is -2.40. The van der Waals surface area contributed by atoms with E-state index in [9.17, 15) is 4.79 Å². The van der Waals surface area contributed by atoms with Crippen LogP contribution in [0.3, 0.4) is 0 Å². The van der Waals surface area contributed by atoms with Gasteiger partial charge in [-0.15, -0.1) is 0 Å². The van der Waals surface area contributed by atoms with E-state index < -0.39 is 5.60 Å². The Bertz CT molecular complexity index is 1380. The normalized spacial score (nSPS) is 18.2. The van der Waals surface area contributed by atoms with Crippen LogP contribution in [0.1, 0.15) is 62.9 Å². The fourth-order valence-corrected chi connectivity index (χ4v) is 6.23. The van der Waals surface area contributed by atoms with Crippen LogP contribution >= 0.6 is 11.6 Å². The van der Waals surface area contributed by atoms with Crippen LogP contribution in [0.2, 0.25) is 5.02 Å². The molecule has 0 saturated carbocycles. The average Bonchev–Trinajstić information content (AvgIpc) is 3.51. The molecule has 5 heterocycles. The highest BCUT2D eigenvalue weighted by molar-refractivity contribution is 6.33. The molecule has 3 aromatic rings. The van der Waals surface area contributed by atoms with Gasteiger partial charge in [0.05, 0.1) is 23.8 Å². The molecule has 0 bridgehead atoms. The van der Waals surface area contributed by atoms with Crippen LogP contribution in [0.5, 0.6) is 0 Å². The molecule has 1 aromatic carbocycles. The van der Waals surface area contributed by atoms with E-state index >= 15 is 0 Å². The van der Waals surface area contributed by atoms with E-state index in [1.165, 1.54) is 11.3 Å². The van der Waals surface area contributed by atoms with E-state index in [-0.39, 0.29) is 6.09 Å². The summed E-state index contributed by atoms with van der Waals surface area (Å²) in [5.41, 5.74) is 6.14. The first-order chi connectivity index (χ1) is 18.7. The van der Waals surface area contributed by atoms with Crippen LogP contribution in [0.25, 0.3) is 11.1 Å². The van der Waals surface area contributed by atoms with Crippen molar-refractivity contribution in [3.8, 4) is 11.1 Å². The van der Waals surface area contributed by atoms with Crippen LogP contribution in [0.4, 0.5) is 16.3 Å². The number of carbonyl (C=O) groups is 1. The molecule has 0 unspecified atom stereocenters. The minimum atomic E-state index is -0.541. The van der Waals surface area contributed by atoms with Crippen molar-refractivity contribution in [2.45, 2.75) is 71.1 Å². The summed E-state index contributed by atoms with van der Waals surface area (Å²) < 4.78 is 15.4. The molecule has 9 nitrogen and oxygen atoms in total. The van der Waals surface area contributed by atoms with Gasteiger partial charge in [0.25, 0.3) is 0 Å². The van der Waals surface area contributed by atoms with Gasteiger partial charge >= 0.3 is 6.09 Å². The van der Waals surface area contributed by atoms with Gasteiger partial charge in [-0.2, -0.15) is 10.2 Å². The highest BCUT2D eigenvalue weighted by atomic mass is 35.5. The van der Waals surface area contributed by atoms with Crippen molar-refractivity contribution >= 4 is 29.2 Å². The zero-order valence-corrected chi connectivity index (χ0v) is 24.0. The van der Waals surface area contributed by atoms with Gasteiger partial charge in [-0.05, 0) is 64.2 Å². The smallest absolute Gasteiger partial charge is 0.410 e. The largest absolute Gasteiger partial charge is 0.444 e. The minimum Gasteiger partial charge on any atom is -0.444 e. The summed E-state index contributed by atoms with van der Waals surface area (Å²) >= 11 is 6.88. The van der Waals surface area contributed by atoms with Gasteiger partial charge in [-0.1, -0.05) is 11.6 Å².